The van der Waals surface area contributed by atoms with Crippen molar-refractivity contribution in [3.8, 4) is 0 Å². The largest absolute Gasteiger partial charge is 0.103 e. The highest BCUT2D eigenvalue weighted by Gasteiger charge is 2.22. The Morgan fingerprint density at radius 2 is 1.43 bits per heavy atom. The van der Waals surface area contributed by atoms with Gasteiger partial charge in [0.25, 0.3) is 0 Å². The van der Waals surface area contributed by atoms with Crippen LogP contribution in [0.2, 0.25) is 12.1 Å². The Kier molecular flexibility index (Phi) is 12.0. The van der Waals surface area contributed by atoms with Gasteiger partial charge in [-0.3, -0.25) is 0 Å². The van der Waals surface area contributed by atoms with Crippen molar-refractivity contribution in [1.29, 1.82) is 0 Å². The van der Waals surface area contributed by atoms with Crippen molar-refractivity contribution in [1.82, 2.24) is 0 Å². The van der Waals surface area contributed by atoms with E-state index >= 15 is 0 Å². The van der Waals surface area contributed by atoms with Gasteiger partial charge < -0.3 is 0 Å². The van der Waals surface area contributed by atoms with Gasteiger partial charge in [-0.25, -0.2) is 0 Å². The maximum absolute atomic E-state index is 4.05. The fraction of sp³-hybridized carbons (Fsp3) is 0.636. The first-order valence-electron chi connectivity index (χ1n) is 9.99. The molecule has 0 amide bonds. The summed E-state index contributed by atoms with van der Waals surface area (Å²) in [6.45, 7) is 8.67. The molecule has 0 fully saturated rings. The predicted molar refractivity (Wildman–Crippen MR) is 109 cm³/mol. The fourth-order valence-electron chi connectivity index (χ4n) is 3.69. The van der Waals surface area contributed by atoms with Crippen LogP contribution >= 0.6 is 0 Å². The summed E-state index contributed by atoms with van der Waals surface area (Å²) in [5, 5.41) is 0. The molecule has 0 nitrogen and oxygen atoms in total. The third-order valence-electron chi connectivity index (χ3n) is 5.07. The summed E-state index contributed by atoms with van der Waals surface area (Å²) in [6.07, 6.45) is 14.6. The molecule has 0 spiro atoms. The van der Waals surface area contributed by atoms with Crippen LogP contribution in [0.3, 0.4) is 0 Å². The third kappa shape index (κ3) is 8.55. The minimum Gasteiger partial charge on any atom is -0.103 e. The minimum absolute atomic E-state index is 0.750. The van der Waals surface area contributed by atoms with Gasteiger partial charge in [0.05, 0.1) is 0 Å². The van der Waals surface area contributed by atoms with Crippen molar-refractivity contribution in [2.45, 2.75) is 89.3 Å². The van der Waals surface area contributed by atoms with Crippen molar-refractivity contribution in [2.24, 2.45) is 0 Å². The number of hydrogen-bond acceptors (Lipinski definition) is 0. The van der Waals surface area contributed by atoms with Gasteiger partial charge in [-0.05, 0) is 17.5 Å². The first-order chi connectivity index (χ1) is 11.3. The fourth-order valence-corrected chi connectivity index (χ4v) is 7.76. The van der Waals surface area contributed by atoms with E-state index in [4.69, 9.17) is 0 Å². The van der Waals surface area contributed by atoms with E-state index in [-0.39, 0.29) is 0 Å². The summed E-state index contributed by atoms with van der Waals surface area (Å²) in [4.78, 5) is 0. The molecular weight excluding hydrogens is 292 g/mol. The Labute approximate surface area is 147 Å². The minimum atomic E-state index is -0.750. The first-order valence-corrected chi connectivity index (χ1v) is 12.3. The van der Waals surface area contributed by atoms with E-state index in [0.29, 0.717) is 0 Å². The molecule has 130 valence electrons. The summed E-state index contributed by atoms with van der Waals surface area (Å²) >= 11 is 0. The second kappa shape index (κ2) is 13.6. The van der Waals surface area contributed by atoms with Crippen LogP contribution in [-0.2, 0) is 0 Å². The number of rotatable bonds is 14. The van der Waals surface area contributed by atoms with Crippen LogP contribution in [0, 0.1) is 0 Å². The smallest absolute Gasteiger partial charge is 0.0453 e. The maximum atomic E-state index is 4.05. The molecule has 23 heavy (non-hydrogen) atoms. The third-order valence-corrected chi connectivity index (χ3v) is 9.17. The second-order valence-electron chi connectivity index (χ2n) is 7.00. The van der Waals surface area contributed by atoms with Gasteiger partial charge in [0.15, 0.2) is 0 Å². The van der Waals surface area contributed by atoms with E-state index in [0.717, 1.165) is 5.54 Å². The quantitative estimate of drug-likeness (QED) is 0.191. The Morgan fingerprint density at radius 3 is 1.91 bits per heavy atom. The van der Waals surface area contributed by atoms with Crippen molar-refractivity contribution in [3.63, 3.8) is 0 Å². The molecular formula is C22H38Si. The average Bonchev–Trinajstić information content (AvgIpc) is 2.59. The predicted octanol–water partition coefficient (Wildman–Crippen LogP) is 7.27. The molecule has 1 aromatic rings. The number of unbranched alkanes of at least 4 members (excludes halogenated alkanes) is 6. The van der Waals surface area contributed by atoms with E-state index in [1.165, 1.54) is 69.9 Å². The first kappa shape index (κ1) is 20.2. The highest BCUT2D eigenvalue weighted by molar-refractivity contribution is 6.60. The van der Waals surface area contributed by atoms with E-state index < -0.39 is 8.80 Å². The lowest BCUT2D eigenvalue weighted by atomic mass is 10.1. The molecule has 1 heteroatoms. The van der Waals surface area contributed by atoms with Crippen LogP contribution in [-0.4, -0.2) is 8.80 Å². The standard InChI is InChI=1S/C22H38Si/c1-4-7-9-14-19-23(20-15-10-8-5-2)22(16-6-3)21-17-12-11-13-18-21/h6,11-13,17-18,22-23H,3-5,7-10,14-16,19-20H2,1-2H3. The lowest BCUT2D eigenvalue weighted by molar-refractivity contribution is 0.678. The second-order valence-corrected chi connectivity index (χ2v) is 10.5. The molecule has 0 saturated heterocycles. The number of allylic oxidation sites excluding steroid dienone is 1. The zero-order chi connectivity index (χ0) is 16.8. The molecule has 0 saturated carbocycles. The van der Waals surface area contributed by atoms with Gasteiger partial charge in [-0.15, -0.1) is 6.58 Å². The van der Waals surface area contributed by atoms with E-state index in [1.807, 2.05) is 0 Å². The van der Waals surface area contributed by atoms with Crippen molar-refractivity contribution in [3.05, 3.63) is 48.6 Å². The van der Waals surface area contributed by atoms with Crippen LogP contribution in [0.1, 0.15) is 82.7 Å². The van der Waals surface area contributed by atoms with E-state index in [2.05, 4.69) is 56.8 Å². The van der Waals surface area contributed by atoms with Crippen LogP contribution < -0.4 is 0 Å². The summed E-state index contributed by atoms with van der Waals surface area (Å²) < 4.78 is 0. The highest BCUT2D eigenvalue weighted by Crippen LogP contribution is 2.30. The Bertz CT molecular complexity index is 372. The van der Waals surface area contributed by atoms with Crippen LogP contribution in [0.15, 0.2) is 43.0 Å². The van der Waals surface area contributed by atoms with Crippen molar-refractivity contribution < 1.29 is 0 Å². The van der Waals surface area contributed by atoms with Crippen molar-refractivity contribution in [2.75, 3.05) is 0 Å². The van der Waals surface area contributed by atoms with Crippen LogP contribution in [0.5, 0.6) is 0 Å². The molecule has 0 N–H and O–H groups in total. The molecule has 1 unspecified atom stereocenters. The molecule has 0 heterocycles. The van der Waals surface area contributed by atoms with Gasteiger partial charge in [0.1, 0.15) is 0 Å². The summed E-state index contributed by atoms with van der Waals surface area (Å²) in [5.41, 5.74) is 2.38. The lowest BCUT2D eigenvalue weighted by Crippen LogP contribution is -2.23. The molecule has 1 rings (SSSR count). The molecule has 0 bridgehead atoms. The van der Waals surface area contributed by atoms with Crippen LogP contribution in [0.4, 0.5) is 0 Å². The van der Waals surface area contributed by atoms with E-state index in [1.54, 1.807) is 5.56 Å². The van der Waals surface area contributed by atoms with Gasteiger partial charge >= 0.3 is 0 Å². The van der Waals surface area contributed by atoms with Gasteiger partial charge in [0.2, 0.25) is 0 Å². The topological polar surface area (TPSA) is 0 Å². The molecule has 0 aliphatic carbocycles. The summed E-state index contributed by atoms with van der Waals surface area (Å²) in [5.74, 6) is 0. The normalized spacial score (nSPS) is 12.5. The SMILES string of the molecule is C=CCC(c1ccccc1)[SiH](CCCCCC)CCCCCC. The number of hydrogen-bond donors (Lipinski definition) is 0. The zero-order valence-corrected chi connectivity index (χ0v) is 16.8. The molecule has 0 aliphatic rings. The van der Waals surface area contributed by atoms with Gasteiger partial charge in [-0.2, -0.15) is 0 Å². The average molecular weight is 331 g/mol. The molecule has 1 atom stereocenters. The highest BCUT2D eigenvalue weighted by atomic mass is 28.3. The zero-order valence-electron chi connectivity index (χ0n) is 15.6. The Hall–Kier alpha value is -0.823. The molecule has 0 aromatic heterocycles. The van der Waals surface area contributed by atoms with Gasteiger partial charge in [0, 0.05) is 8.80 Å². The number of benzene rings is 1. The van der Waals surface area contributed by atoms with Crippen LogP contribution in [0.25, 0.3) is 0 Å². The Balaban J connectivity index is 2.68. The lowest BCUT2D eigenvalue weighted by Gasteiger charge is -2.26. The monoisotopic (exact) mass is 330 g/mol. The summed E-state index contributed by atoms with van der Waals surface area (Å²) in [6, 6.07) is 14.3. The maximum Gasteiger partial charge on any atom is 0.0453 e. The molecule has 1 aromatic carbocycles. The molecule has 0 radical (unpaired) electrons. The van der Waals surface area contributed by atoms with Gasteiger partial charge in [-0.1, -0.05) is 114 Å². The summed E-state index contributed by atoms with van der Waals surface area (Å²) in [7, 11) is -0.750. The van der Waals surface area contributed by atoms with Crippen molar-refractivity contribution >= 4 is 8.80 Å². The van der Waals surface area contributed by atoms with E-state index in [9.17, 15) is 0 Å². The molecule has 0 aliphatic heterocycles. The Morgan fingerprint density at radius 1 is 0.870 bits per heavy atom.